The molecule has 0 aliphatic carbocycles. The van der Waals surface area contributed by atoms with Crippen molar-refractivity contribution in [3.05, 3.63) is 98.7 Å². The van der Waals surface area contributed by atoms with Crippen LogP contribution in [-0.4, -0.2) is 11.8 Å². The number of benzene rings is 3. The molecule has 3 aromatic rings. The van der Waals surface area contributed by atoms with Crippen LogP contribution < -0.4 is 10.2 Å². The van der Waals surface area contributed by atoms with Gasteiger partial charge in [0.25, 0.3) is 11.8 Å². The number of carbonyl (C=O) groups excluding carboxylic acids is 2. The molecule has 0 fully saturated rings. The number of aryl methyl sites for hydroxylation is 3. The van der Waals surface area contributed by atoms with Gasteiger partial charge in [-0.15, -0.1) is 0 Å². The van der Waals surface area contributed by atoms with Crippen molar-refractivity contribution in [1.82, 2.24) is 0 Å². The van der Waals surface area contributed by atoms with Crippen LogP contribution in [-0.2, 0) is 9.59 Å². The molecule has 0 atom stereocenters. The highest BCUT2D eigenvalue weighted by Gasteiger charge is 2.41. The third-order valence-corrected chi connectivity index (χ3v) is 6.63. The largest absolute Gasteiger partial charge is 0.350 e. The molecule has 1 heterocycles. The molecule has 1 aliphatic heterocycles. The number of halogens is 1. The minimum atomic E-state index is -0.394. The summed E-state index contributed by atoms with van der Waals surface area (Å²) in [6.07, 6.45) is 0. The first-order chi connectivity index (χ1) is 15.2. The van der Waals surface area contributed by atoms with Crippen LogP contribution in [0.2, 0.25) is 5.02 Å². The number of hydrogen-bond acceptors (Lipinski definition) is 3. The van der Waals surface area contributed by atoms with E-state index in [4.69, 9.17) is 11.6 Å². The lowest BCUT2D eigenvalue weighted by Gasteiger charge is -2.19. The first-order valence-corrected chi connectivity index (χ1v) is 10.9. The van der Waals surface area contributed by atoms with Crippen LogP contribution in [0.5, 0.6) is 0 Å². The molecule has 162 valence electrons. The quantitative estimate of drug-likeness (QED) is 0.482. The van der Waals surface area contributed by atoms with E-state index in [1.165, 1.54) is 4.90 Å². The second kappa shape index (κ2) is 8.29. The number of carbonyl (C=O) groups is 2. The minimum absolute atomic E-state index is 0.270. The summed E-state index contributed by atoms with van der Waals surface area (Å²) < 4.78 is 0. The van der Waals surface area contributed by atoms with Crippen LogP contribution in [0, 0.1) is 34.6 Å². The number of rotatable bonds is 4. The second-order valence-corrected chi connectivity index (χ2v) is 8.66. The summed E-state index contributed by atoms with van der Waals surface area (Å²) in [5.41, 5.74) is 7.62. The van der Waals surface area contributed by atoms with E-state index in [0.717, 1.165) is 27.9 Å². The smallest absolute Gasteiger partial charge is 0.282 e. The standard InChI is InChI=1S/C27H25ClN2O2/c1-15-12-13-20(14-17(15)3)24-25(29-22-10-6-8-16(2)18(22)4)27(32)30(26(24)31)23-11-7-9-21(28)19(23)5/h6-14,29H,1-5H3. The van der Waals surface area contributed by atoms with Crippen molar-refractivity contribution in [3.8, 4) is 0 Å². The zero-order chi connectivity index (χ0) is 23.2. The lowest BCUT2D eigenvalue weighted by Crippen LogP contribution is -2.33. The Morgan fingerprint density at radius 3 is 2.19 bits per heavy atom. The van der Waals surface area contributed by atoms with E-state index in [-0.39, 0.29) is 11.6 Å². The van der Waals surface area contributed by atoms with Crippen LogP contribution in [0.15, 0.2) is 60.3 Å². The molecule has 1 N–H and O–H groups in total. The van der Waals surface area contributed by atoms with Crippen molar-refractivity contribution >= 4 is 40.4 Å². The van der Waals surface area contributed by atoms with Gasteiger partial charge in [0.2, 0.25) is 0 Å². The van der Waals surface area contributed by atoms with Crippen molar-refractivity contribution < 1.29 is 9.59 Å². The Bertz CT molecular complexity index is 1310. The Kier molecular flexibility index (Phi) is 5.66. The Hall–Kier alpha value is -3.37. The van der Waals surface area contributed by atoms with Crippen LogP contribution in [0.4, 0.5) is 11.4 Å². The molecule has 0 bridgehead atoms. The Morgan fingerprint density at radius 2 is 1.47 bits per heavy atom. The Balaban J connectivity index is 1.90. The third-order valence-electron chi connectivity index (χ3n) is 6.22. The number of anilines is 2. The van der Waals surface area contributed by atoms with E-state index >= 15 is 0 Å². The highest BCUT2D eigenvalue weighted by atomic mass is 35.5. The molecular weight excluding hydrogens is 420 g/mol. The van der Waals surface area contributed by atoms with E-state index in [1.807, 2.05) is 71.0 Å². The molecule has 0 spiro atoms. The van der Waals surface area contributed by atoms with Gasteiger partial charge in [-0.05, 0) is 86.2 Å². The molecule has 0 unspecified atom stereocenters. The van der Waals surface area contributed by atoms with Crippen molar-refractivity contribution in [2.45, 2.75) is 34.6 Å². The molecule has 0 aromatic heterocycles. The van der Waals surface area contributed by atoms with Gasteiger partial charge in [0.1, 0.15) is 5.70 Å². The Labute approximate surface area is 193 Å². The zero-order valence-corrected chi connectivity index (χ0v) is 19.6. The lowest BCUT2D eigenvalue weighted by atomic mass is 9.99. The third kappa shape index (κ3) is 3.61. The maximum atomic E-state index is 13.7. The molecule has 2 amide bonds. The molecule has 5 heteroatoms. The van der Waals surface area contributed by atoms with E-state index in [0.29, 0.717) is 27.4 Å². The fourth-order valence-electron chi connectivity index (χ4n) is 3.89. The number of nitrogens with zero attached hydrogens (tertiary/aromatic N) is 1. The monoisotopic (exact) mass is 444 g/mol. The molecule has 0 saturated heterocycles. The van der Waals surface area contributed by atoms with Gasteiger partial charge in [-0.1, -0.05) is 48.0 Å². The average Bonchev–Trinajstić information content (AvgIpc) is 2.99. The van der Waals surface area contributed by atoms with E-state index < -0.39 is 5.91 Å². The van der Waals surface area contributed by atoms with Gasteiger partial charge in [0, 0.05) is 10.7 Å². The topological polar surface area (TPSA) is 49.4 Å². The highest BCUT2D eigenvalue weighted by molar-refractivity contribution is 6.46. The number of nitrogens with one attached hydrogen (secondary N) is 1. The van der Waals surface area contributed by atoms with Crippen molar-refractivity contribution in [2.75, 3.05) is 10.2 Å². The van der Waals surface area contributed by atoms with Crippen molar-refractivity contribution in [1.29, 1.82) is 0 Å². The van der Waals surface area contributed by atoms with Gasteiger partial charge in [0.05, 0.1) is 11.3 Å². The normalized spacial score (nSPS) is 13.9. The second-order valence-electron chi connectivity index (χ2n) is 8.25. The van der Waals surface area contributed by atoms with Crippen LogP contribution >= 0.6 is 11.6 Å². The predicted molar refractivity (Wildman–Crippen MR) is 131 cm³/mol. The molecule has 3 aromatic carbocycles. The maximum Gasteiger partial charge on any atom is 0.282 e. The first-order valence-electron chi connectivity index (χ1n) is 10.5. The van der Waals surface area contributed by atoms with Gasteiger partial charge in [-0.3, -0.25) is 9.59 Å². The molecular formula is C27H25ClN2O2. The summed E-state index contributed by atoms with van der Waals surface area (Å²) in [5, 5.41) is 3.79. The number of hydrogen-bond donors (Lipinski definition) is 1. The summed E-state index contributed by atoms with van der Waals surface area (Å²) in [6.45, 7) is 9.84. The van der Waals surface area contributed by atoms with Crippen LogP contribution in [0.3, 0.4) is 0 Å². The molecule has 0 saturated carbocycles. The van der Waals surface area contributed by atoms with Crippen molar-refractivity contribution in [3.63, 3.8) is 0 Å². The highest BCUT2D eigenvalue weighted by Crippen LogP contribution is 2.37. The van der Waals surface area contributed by atoms with E-state index in [9.17, 15) is 9.59 Å². The fraction of sp³-hybridized carbons (Fsp3) is 0.185. The molecule has 32 heavy (non-hydrogen) atoms. The molecule has 4 nitrogen and oxygen atoms in total. The average molecular weight is 445 g/mol. The molecule has 4 rings (SSSR count). The van der Waals surface area contributed by atoms with Gasteiger partial charge in [-0.2, -0.15) is 0 Å². The van der Waals surface area contributed by atoms with E-state index in [2.05, 4.69) is 5.32 Å². The SMILES string of the molecule is Cc1ccc(C2=C(Nc3cccc(C)c3C)C(=O)N(c3cccc(Cl)c3C)C2=O)cc1C. The minimum Gasteiger partial charge on any atom is -0.350 e. The predicted octanol–water partition coefficient (Wildman–Crippen LogP) is 6.28. The molecule has 0 radical (unpaired) electrons. The molecule has 1 aliphatic rings. The number of amides is 2. The summed E-state index contributed by atoms with van der Waals surface area (Å²) in [7, 11) is 0. The van der Waals surface area contributed by atoms with Gasteiger partial charge in [-0.25, -0.2) is 4.90 Å². The van der Waals surface area contributed by atoms with Gasteiger partial charge >= 0.3 is 0 Å². The van der Waals surface area contributed by atoms with E-state index in [1.54, 1.807) is 18.2 Å². The zero-order valence-electron chi connectivity index (χ0n) is 18.8. The van der Waals surface area contributed by atoms with Crippen LogP contribution in [0.1, 0.15) is 33.4 Å². The summed E-state index contributed by atoms with van der Waals surface area (Å²) >= 11 is 6.31. The first kappa shape index (κ1) is 21.8. The summed E-state index contributed by atoms with van der Waals surface area (Å²) in [6, 6.07) is 16.9. The maximum absolute atomic E-state index is 13.7. The lowest BCUT2D eigenvalue weighted by molar-refractivity contribution is -0.120. The summed E-state index contributed by atoms with van der Waals surface area (Å²) in [5.74, 6) is -0.758. The van der Waals surface area contributed by atoms with Crippen molar-refractivity contribution in [2.24, 2.45) is 0 Å². The van der Waals surface area contributed by atoms with Crippen LogP contribution in [0.25, 0.3) is 5.57 Å². The Morgan fingerprint density at radius 1 is 0.750 bits per heavy atom. The summed E-state index contributed by atoms with van der Waals surface area (Å²) in [4.78, 5) is 28.6. The number of imide groups is 1. The fourth-order valence-corrected chi connectivity index (χ4v) is 4.06. The van der Waals surface area contributed by atoms with Gasteiger partial charge in [0.15, 0.2) is 0 Å². The van der Waals surface area contributed by atoms with Gasteiger partial charge < -0.3 is 5.32 Å².